The molecule has 1 aliphatic carbocycles. The summed E-state index contributed by atoms with van der Waals surface area (Å²) in [4.78, 5) is 31.5. The van der Waals surface area contributed by atoms with Crippen molar-refractivity contribution in [3.05, 3.63) is 53.7 Å². The molecule has 178 valence electrons. The van der Waals surface area contributed by atoms with Crippen LogP contribution in [0.25, 0.3) is 5.82 Å². The van der Waals surface area contributed by atoms with Crippen molar-refractivity contribution in [2.45, 2.75) is 69.9 Å². The third-order valence-corrected chi connectivity index (χ3v) is 7.02. The molecular formula is C24H29N7O3. The lowest BCUT2D eigenvalue weighted by molar-refractivity contribution is -0.142. The second kappa shape index (κ2) is 9.00. The van der Waals surface area contributed by atoms with Crippen molar-refractivity contribution in [3.8, 4) is 5.82 Å². The average Bonchev–Trinajstić information content (AvgIpc) is 3.35. The Bertz CT molecular complexity index is 1180. The van der Waals surface area contributed by atoms with Crippen molar-refractivity contribution in [3.63, 3.8) is 0 Å². The molecule has 2 aliphatic rings. The molecule has 1 N–H and O–H groups in total. The van der Waals surface area contributed by atoms with Gasteiger partial charge >= 0.3 is 5.97 Å². The highest BCUT2D eigenvalue weighted by Gasteiger charge is 2.53. The molecule has 10 nitrogen and oxygen atoms in total. The van der Waals surface area contributed by atoms with E-state index in [9.17, 15) is 14.7 Å². The van der Waals surface area contributed by atoms with E-state index in [-0.39, 0.29) is 11.9 Å². The maximum Gasteiger partial charge on any atom is 0.331 e. The van der Waals surface area contributed by atoms with Crippen LogP contribution in [-0.2, 0) is 23.2 Å². The maximum atomic E-state index is 13.6. The van der Waals surface area contributed by atoms with E-state index in [1.807, 2.05) is 30.0 Å². The Morgan fingerprint density at radius 3 is 2.79 bits per heavy atom. The molecule has 0 radical (unpaired) electrons. The van der Waals surface area contributed by atoms with Crippen molar-refractivity contribution in [2.75, 3.05) is 6.54 Å². The molecule has 1 amide bonds. The number of pyridine rings is 1. The van der Waals surface area contributed by atoms with E-state index < -0.39 is 11.5 Å². The number of carbonyl (C=O) groups excluding carboxylic acids is 1. The number of aliphatic carboxylic acids is 1. The fraction of sp³-hybridized carbons (Fsp3) is 0.500. The third kappa shape index (κ3) is 3.97. The van der Waals surface area contributed by atoms with Gasteiger partial charge in [-0.2, -0.15) is 5.10 Å². The van der Waals surface area contributed by atoms with Crippen molar-refractivity contribution in [2.24, 2.45) is 0 Å². The third-order valence-electron chi connectivity index (χ3n) is 7.02. The number of carbonyl (C=O) groups is 2. The van der Waals surface area contributed by atoms with Crippen molar-refractivity contribution in [1.82, 2.24) is 34.7 Å². The van der Waals surface area contributed by atoms with Gasteiger partial charge in [0.15, 0.2) is 11.4 Å². The van der Waals surface area contributed by atoms with E-state index in [0.717, 1.165) is 43.6 Å². The number of aromatic nitrogens is 6. The Kier molecular flexibility index (Phi) is 5.89. The molecule has 3 aromatic rings. The van der Waals surface area contributed by atoms with Gasteiger partial charge in [0.1, 0.15) is 0 Å². The van der Waals surface area contributed by atoms with E-state index in [1.54, 1.807) is 23.3 Å². The monoisotopic (exact) mass is 463 g/mol. The minimum Gasteiger partial charge on any atom is -0.479 e. The Hall–Kier alpha value is -3.56. The van der Waals surface area contributed by atoms with Crippen LogP contribution in [0.15, 0.2) is 36.8 Å². The second-order valence-electron chi connectivity index (χ2n) is 9.14. The van der Waals surface area contributed by atoms with Gasteiger partial charge in [0.25, 0.3) is 5.91 Å². The standard InChI is InChI=1S/C24H29N7O3/c1-2-20-19(15-26-31(20)21-8-3-5-13-25-21)22(32)29-14-6-4-7-18(29)10-9-17-16-30(28-27-17)24(11-12-24)23(33)34/h3,5,8,13,15-16,18H,2,4,6-7,9-12,14H2,1H3,(H,33,34). The summed E-state index contributed by atoms with van der Waals surface area (Å²) < 4.78 is 3.24. The predicted octanol–water partition coefficient (Wildman–Crippen LogP) is 2.62. The molecule has 3 aromatic heterocycles. The van der Waals surface area contributed by atoms with E-state index in [1.165, 1.54) is 4.68 Å². The molecule has 1 aliphatic heterocycles. The number of carboxylic acids is 1. The summed E-state index contributed by atoms with van der Waals surface area (Å²) in [6.07, 6.45) is 11.4. The fourth-order valence-corrected chi connectivity index (χ4v) is 4.89. The zero-order valence-electron chi connectivity index (χ0n) is 19.3. The van der Waals surface area contributed by atoms with E-state index in [0.29, 0.717) is 37.1 Å². The summed E-state index contributed by atoms with van der Waals surface area (Å²) in [5, 5.41) is 22.2. The Morgan fingerprint density at radius 1 is 1.24 bits per heavy atom. The van der Waals surface area contributed by atoms with Crippen LogP contribution in [0.3, 0.4) is 0 Å². The van der Waals surface area contributed by atoms with Gasteiger partial charge in [0.2, 0.25) is 0 Å². The first-order chi connectivity index (χ1) is 16.5. The lowest BCUT2D eigenvalue weighted by atomic mass is 9.96. The quantitative estimate of drug-likeness (QED) is 0.545. The summed E-state index contributed by atoms with van der Waals surface area (Å²) in [7, 11) is 0. The van der Waals surface area contributed by atoms with Gasteiger partial charge in [-0.25, -0.2) is 19.1 Å². The number of carboxylic acid groups (broad SMARTS) is 1. The van der Waals surface area contributed by atoms with Gasteiger partial charge in [0, 0.05) is 25.0 Å². The molecule has 5 rings (SSSR count). The molecule has 0 aromatic carbocycles. The summed E-state index contributed by atoms with van der Waals surface area (Å²) >= 11 is 0. The highest BCUT2D eigenvalue weighted by molar-refractivity contribution is 5.95. The minimum absolute atomic E-state index is 0.00944. The number of aryl methyl sites for hydroxylation is 1. The van der Waals surface area contributed by atoms with Crippen LogP contribution in [0, 0.1) is 0 Å². The number of rotatable bonds is 8. The topological polar surface area (TPSA) is 119 Å². The fourth-order valence-electron chi connectivity index (χ4n) is 4.89. The van der Waals surface area contributed by atoms with Crippen LogP contribution in [0.5, 0.6) is 0 Å². The van der Waals surface area contributed by atoms with Crippen molar-refractivity contribution in [1.29, 1.82) is 0 Å². The highest BCUT2D eigenvalue weighted by Crippen LogP contribution is 2.43. The van der Waals surface area contributed by atoms with E-state index in [4.69, 9.17) is 0 Å². The minimum atomic E-state index is -0.914. The van der Waals surface area contributed by atoms with E-state index in [2.05, 4.69) is 20.4 Å². The van der Waals surface area contributed by atoms with Gasteiger partial charge in [-0.3, -0.25) is 4.79 Å². The Balaban J connectivity index is 1.31. The summed E-state index contributed by atoms with van der Waals surface area (Å²) in [5.74, 6) is -0.146. The average molecular weight is 464 g/mol. The van der Waals surface area contributed by atoms with Crippen LogP contribution in [-0.4, -0.2) is 64.2 Å². The number of amides is 1. The predicted molar refractivity (Wildman–Crippen MR) is 123 cm³/mol. The lowest BCUT2D eigenvalue weighted by Gasteiger charge is -2.36. The summed E-state index contributed by atoms with van der Waals surface area (Å²) in [5.41, 5.74) is 1.34. The molecule has 10 heteroatoms. The molecule has 2 fully saturated rings. The molecule has 1 saturated carbocycles. The zero-order valence-corrected chi connectivity index (χ0v) is 19.3. The van der Waals surface area contributed by atoms with Crippen LogP contribution in [0.2, 0.25) is 0 Å². The highest BCUT2D eigenvalue weighted by atomic mass is 16.4. The normalized spacial score (nSPS) is 19.2. The Morgan fingerprint density at radius 2 is 2.09 bits per heavy atom. The SMILES string of the molecule is CCc1c(C(=O)N2CCCCC2CCc2cn(C3(C(=O)O)CC3)nn2)cnn1-c1ccccn1. The molecule has 34 heavy (non-hydrogen) atoms. The van der Waals surface area contributed by atoms with Crippen LogP contribution in [0.4, 0.5) is 0 Å². The number of piperidine rings is 1. The molecule has 0 spiro atoms. The molecule has 1 atom stereocenters. The molecule has 1 saturated heterocycles. The van der Waals surface area contributed by atoms with Crippen LogP contribution in [0.1, 0.15) is 67.2 Å². The molecule has 1 unspecified atom stereocenters. The zero-order chi connectivity index (χ0) is 23.7. The van der Waals surface area contributed by atoms with E-state index >= 15 is 0 Å². The summed E-state index contributed by atoms with van der Waals surface area (Å²) in [6.45, 7) is 2.74. The number of hydrogen-bond acceptors (Lipinski definition) is 6. The van der Waals surface area contributed by atoms with Crippen LogP contribution >= 0.6 is 0 Å². The van der Waals surface area contributed by atoms with Gasteiger partial charge in [-0.05, 0) is 63.5 Å². The maximum absolute atomic E-state index is 13.6. The van der Waals surface area contributed by atoms with Gasteiger partial charge < -0.3 is 10.0 Å². The largest absolute Gasteiger partial charge is 0.479 e. The molecular weight excluding hydrogens is 434 g/mol. The molecule has 4 heterocycles. The smallest absolute Gasteiger partial charge is 0.331 e. The number of hydrogen-bond donors (Lipinski definition) is 1. The van der Waals surface area contributed by atoms with Gasteiger partial charge in [-0.1, -0.05) is 18.2 Å². The van der Waals surface area contributed by atoms with Crippen LogP contribution < -0.4 is 0 Å². The molecule has 0 bridgehead atoms. The van der Waals surface area contributed by atoms with Gasteiger partial charge in [0.05, 0.1) is 23.1 Å². The summed E-state index contributed by atoms with van der Waals surface area (Å²) in [6, 6.07) is 5.74. The number of nitrogens with zero attached hydrogens (tertiary/aromatic N) is 7. The Labute approximate surface area is 197 Å². The van der Waals surface area contributed by atoms with Gasteiger partial charge in [-0.15, -0.1) is 5.10 Å². The second-order valence-corrected chi connectivity index (χ2v) is 9.14. The number of likely N-dealkylation sites (tertiary alicyclic amines) is 1. The first-order valence-corrected chi connectivity index (χ1v) is 12.0. The van der Waals surface area contributed by atoms with Crippen molar-refractivity contribution < 1.29 is 14.7 Å². The first-order valence-electron chi connectivity index (χ1n) is 12.0. The first kappa shape index (κ1) is 22.2. The lowest BCUT2D eigenvalue weighted by Crippen LogP contribution is -2.44. The van der Waals surface area contributed by atoms with Crippen molar-refractivity contribution >= 4 is 11.9 Å².